The fourth-order valence-electron chi connectivity index (χ4n) is 2.32. The summed E-state index contributed by atoms with van der Waals surface area (Å²) in [6.07, 6.45) is 0.765. The number of furan rings is 1. The van der Waals surface area contributed by atoms with Crippen LogP contribution in [0.1, 0.15) is 17.4 Å². The van der Waals surface area contributed by atoms with Crippen LogP contribution in [0, 0.1) is 0 Å². The molecule has 21 heavy (non-hydrogen) atoms. The minimum Gasteiger partial charge on any atom is -0.458 e. The Morgan fingerprint density at radius 3 is 2.52 bits per heavy atom. The van der Waals surface area contributed by atoms with E-state index in [-0.39, 0.29) is 6.04 Å². The molecule has 0 saturated carbocycles. The second-order valence-corrected chi connectivity index (χ2v) is 6.63. The van der Waals surface area contributed by atoms with E-state index in [1.54, 1.807) is 0 Å². The van der Waals surface area contributed by atoms with E-state index in [4.69, 9.17) is 10.3 Å². The number of para-hydroxylation sites is 1. The van der Waals surface area contributed by atoms with Crippen LogP contribution in [-0.2, 0) is 6.42 Å². The van der Waals surface area contributed by atoms with Crippen molar-refractivity contribution in [2.75, 3.05) is 0 Å². The summed E-state index contributed by atoms with van der Waals surface area (Å²) < 4.78 is 7.96. The van der Waals surface area contributed by atoms with Crippen LogP contribution in [0.3, 0.4) is 0 Å². The summed E-state index contributed by atoms with van der Waals surface area (Å²) in [5, 5.41) is 1.07. The van der Waals surface area contributed by atoms with E-state index in [2.05, 4.69) is 49.4 Å². The smallest absolute Gasteiger partial charge is 0.148 e. The number of benzene rings is 2. The summed E-state index contributed by atoms with van der Waals surface area (Å²) in [6, 6.07) is 16.2. The Labute approximate surface area is 139 Å². The number of fused-ring (bicyclic) bond motifs is 1. The molecular formula is C16H14Br2N2O. The van der Waals surface area contributed by atoms with Crippen LogP contribution in [0.25, 0.3) is 11.0 Å². The lowest BCUT2D eigenvalue weighted by Gasteiger charge is -2.13. The van der Waals surface area contributed by atoms with Crippen molar-refractivity contribution >= 4 is 42.8 Å². The molecular weight excluding hydrogens is 396 g/mol. The fraction of sp³-hybridized carbons (Fsp3) is 0.125. The normalized spacial score (nSPS) is 12.7. The number of nitrogens with two attached hydrogens (primary N) is 1. The first-order valence-electron chi connectivity index (χ1n) is 6.56. The molecule has 0 fully saturated rings. The van der Waals surface area contributed by atoms with Crippen LogP contribution >= 0.6 is 31.9 Å². The van der Waals surface area contributed by atoms with Crippen LogP contribution in [0.2, 0.25) is 0 Å². The van der Waals surface area contributed by atoms with Gasteiger partial charge in [-0.15, -0.1) is 0 Å². The number of halogens is 2. The minimum atomic E-state index is -0.0644. The number of hydrogen-bond donors (Lipinski definition) is 2. The average Bonchev–Trinajstić information content (AvgIpc) is 2.92. The van der Waals surface area contributed by atoms with Crippen molar-refractivity contribution in [3.63, 3.8) is 0 Å². The Morgan fingerprint density at radius 2 is 1.86 bits per heavy atom. The second kappa shape index (κ2) is 6.32. The van der Waals surface area contributed by atoms with Gasteiger partial charge in [-0.1, -0.05) is 40.2 Å². The van der Waals surface area contributed by atoms with Crippen LogP contribution in [0.4, 0.5) is 0 Å². The highest BCUT2D eigenvalue weighted by Crippen LogP contribution is 2.30. The van der Waals surface area contributed by atoms with Crippen LogP contribution in [-0.4, -0.2) is 0 Å². The topological polar surface area (TPSA) is 51.2 Å². The summed E-state index contributed by atoms with van der Waals surface area (Å²) in [4.78, 5) is 0. The van der Waals surface area contributed by atoms with Crippen molar-refractivity contribution in [2.24, 2.45) is 5.84 Å². The molecule has 1 unspecified atom stereocenters. The lowest BCUT2D eigenvalue weighted by atomic mass is 10.0. The first-order chi connectivity index (χ1) is 10.2. The van der Waals surface area contributed by atoms with Crippen LogP contribution in [0.5, 0.6) is 0 Å². The molecule has 0 bridgehead atoms. The highest BCUT2D eigenvalue weighted by molar-refractivity contribution is 9.11. The van der Waals surface area contributed by atoms with Crippen LogP contribution in [0.15, 0.2) is 61.9 Å². The van der Waals surface area contributed by atoms with Crippen molar-refractivity contribution in [2.45, 2.75) is 12.5 Å². The lowest BCUT2D eigenvalue weighted by molar-refractivity contribution is 0.434. The molecule has 0 aliphatic carbocycles. The molecule has 0 radical (unpaired) electrons. The van der Waals surface area contributed by atoms with Gasteiger partial charge in [0.1, 0.15) is 11.3 Å². The Bertz CT molecular complexity index is 753. The van der Waals surface area contributed by atoms with E-state index in [1.165, 1.54) is 5.56 Å². The van der Waals surface area contributed by atoms with Gasteiger partial charge in [0.15, 0.2) is 0 Å². The van der Waals surface area contributed by atoms with Gasteiger partial charge < -0.3 is 4.42 Å². The molecule has 1 aromatic heterocycles. The Kier molecular flexibility index (Phi) is 4.45. The second-order valence-electron chi connectivity index (χ2n) is 4.86. The maximum absolute atomic E-state index is 5.95. The van der Waals surface area contributed by atoms with Gasteiger partial charge in [0, 0.05) is 9.86 Å². The molecule has 2 aromatic carbocycles. The first-order valence-corrected chi connectivity index (χ1v) is 8.14. The zero-order chi connectivity index (χ0) is 14.8. The third-order valence-electron chi connectivity index (χ3n) is 3.41. The van der Waals surface area contributed by atoms with Gasteiger partial charge in [0.05, 0.1) is 10.5 Å². The van der Waals surface area contributed by atoms with Gasteiger partial charge in [0.25, 0.3) is 0 Å². The van der Waals surface area contributed by atoms with Gasteiger partial charge in [-0.05, 0) is 52.2 Å². The quantitative estimate of drug-likeness (QED) is 0.484. The molecule has 3 rings (SSSR count). The van der Waals surface area contributed by atoms with E-state index in [9.17, 15) is 0 Å². The Balaban J connectivity index is 1.90. The first kappa shape index (κ1) is 14.8. The zero-order valence-electron chi connectivity index (χ0n) is 11.1. The van der Waals surface area contributed by atoms with Gasteiger partial charge in [0.2, 0.25) is 0 Å². The number of hydrazine groups is 1. The summed E-state index contributed by atoms with van der Waals surface area (Å²) >= 11 is 6.95. The molecule has 1 heterocycles. The van der Waals surface area contributed by atoms with E-state index in [1.807, 2.05) is 36.4 Å². The van der Waals surface area contributed by atoms with E-state index in [0.717, 1.165) is 32.1 Å². The molecule has 0 spiro atoms. The molecule has 3 N–H and O–H groups in total. The molecule has 0 aliphatic heterocycles. The molecule has 3 aromatic rings. The molecule has 108 valence electrons. The molecule has 0 saturated heterocycles. The maximum atomic E-state index is 5.95. The SMILES string of the molecule is NNC(Cc1ccc(Br)cc1)c1cc2cccc(Br)c2o1. The molecule has 3 nitrogen and oxygen atoms in total. The standard InChI is InChI=1S/C16H14Br2N2O/c17-12-6-4-10(5-7-12)8-14(20-19)15-9-11-2-1-3-13(18)16(11)21-15/h1-7,9,14,20H,8,19H2. The third-order valence-corrected chi connectivity index (χ3v) is 4.57. The van der Waals surface area contributed by atoms with Crippen molar-refractivity contribution in [1.82, 2.24) is 5.43 Å². The van der Waals surface area contributed by atoms with Gasteiger partial charge in [-0.25, -0.2) is 5.43 Å². The number of rotatable bonds is 4. The predicted molar refractivity (Wildman–Crippen MR) is 91.8 cm³/mol. The molecule has 0 amide bonds. The van der Waals surface area contributed by atoms with E-state index < -0.39 is 0 Å². The van der Waals surface area contributed by atoms with E-state index in [0.29, 0.717) is 0 Å². The predicted octanol–water partition coefficient (Wildman–Crippen LogP) is 4.70. The van der Waals surface area contributed by atoms with Crippen molar-refractivity contribution < 1.29 is 4.42 Å². The van der Waals surface area contributed by atoms with Gasteiger partial charge >= 0.3 is 0 Å². The maximum Gasteiger partial charge on any atom is 0.148 e. The Hall–Kier alpha value is -1.14. The van der Waals surface area contributed by atoms with Gasteiger partial charge in [-0.3, -0.25) is 5.84 Å². The third kappa shape index (κ3) is 3.21. The largest absolute Gasteiger partial charge is 0.458 e. The molecule has 0 aliphatic rings. The Morgan fingerprint density at radius 1 is 1.10 bits per heavy atom. The summed E-state index contributed by atoms with van der Waals surface area (Å²) in [5.41, 5.74) is 4.89. The number of nitrogens with one attached hydrogen (secondary N) is 1. The van der Waals surface area contributed by atoms with Crippen molar-refractivity contribution in [3.8, 4) is 0 Å². The highest BCUT2D eigenvalue weighted by Gasteiger charge is 2.16. The summed E-state index contributed by atoms with van der Waals surface area (Å²) in [6.45, 7) is 0. The number of hydrogen-bond acceptors (Lipinski definition) is 3. The van der Waals surface area contributed by atoms with Crippen molar-refractivity contribution in [1.29, 1.82) is 0 Å². The summed E-state index contributed by atoms with van der Waals surface area (Å²) in [7, 11) is 0. The fourth-order valence-corrected chi connectivity index (χ4v) is 3.04. The minimum absolute atomic E-state index is 0.0644. The highest BCUT2D eigenvalue weighted by atomic mass is 79.9. The van der Waals surface area contributed by atoms with Crippen LogP contribution < -0.4 is 11.3 Å². The van der Waals surface area contributed by atoms with Gasteiger partial charge in [-0.2, -0.15) is 0 Å². The monoisotopic (exact) mass is 408 g/mol. The van der Waals surface area contributed by atoms with E-state index >= 15 is 0 Å². The zero-order valence-corrected chi connectivity index (χ0v) is 14.3. The molecule has 5 heteroatoms. The molecule has 1 atom stereocenters. The summed E-state index contributed by atoms with van der Waals surface area (Å²) in [5.74, 6) is 6.55. The average molecular weight is 410 g/mol. The van der Waals surface area contributed by atoms with Crippen molar-refractivity contribution in [3.05, 3.63) is 68.8 Å². The lowest BCUT2D eigenvalue weighted by Crippen LogP contribution is -2.29.